The molecule has 0 aromatic heterocycles. The van der Waals surface area contributed by atoms with Crippen LogP contribution in [0.2, 0.25) is 0 Å². The molecule has 1 atom stereocenters. The number of hydrogen-bond acceptors (Lipinski definition) is 4. The van der Waals surface area contributed by atoms with E-state index in [9.17, 15) is 9.90 Å². The fraction of sp³-hybridized carbons (Fsp3) is 0.438. The minimum Gasteiger partial charge on any atom is -0.463 e. The van der Waals surface area contributed by atoms with Crippen molar-refractivity contribution in [1.29, 1.82) is 0 Å². The second-order valence-corrected chi connectivity index (χ2v) is 6.06. The highest BCUT2D eigenvalue weighted by molar-refractivity contribution is 9.10. The Morgan fingerprint density at radius 2 is 2.33 bits per heavy atom. The summed E-state index contributed by atoms with van der Waals surface area (Å²) in [7, 11) is 0. The van der Waals surface area contributed by atoms with Crippen molar-refractivity contribution >= 4 is 33.7 Å². The van der Waals surface area contributed by atoms with E-state index < -0.39 is 0 Å². The lowest BCUT2D eigenvalue weighted by molar-refractivity contribution is -0.138. The van der Waals surface area contributed by atoms with Crippen molar-refractivity contribution in [1.82, 2.24) is 0 Å². The van der Waals surface area contributed by atoms with Crippen LogP contribution in [0.4, 0.5) is 5.69 Å². The molecule has 0 aliphatic carbocycles. The van der Waals surface area contributed by atoms with Crippen molar-refractivity contribution in [3.8, 4) is 0 Å². The Morgan fingerprint density at radius 3 is 2.95 bits per heavy atom. The molecule has 0 spiro atoms. The number of esters is 1. The third kappa shape index (κ3) is 4.08. The molecule has 1 saturated heterocycles. The van der Waals surface area contributed by atoms with Crippen LogP contribution in [0.5, 0.6) is 0 Å². The summed E-state index contributed by atoms with van der Waals surface area (Å²) in [5.74, 6) is -0.301. The van der Waals surface area contributed by atoms with Crippen molar-refractivity contribution in [3.63, 3.8) is 0 Å². The predicted molar refractivity (Wildman–Crippen MR) is 87.3 cm³/mol. The quantitative estimate of drug-likeness (QED) is 0.667. The Labute approximate surface area is 133 Å². The fourth-order valence-corrected chi connectivity index (χ4v) is 2.81. The van der Waals surface area contributed by atoms with Gasteiger partial charge in [-0.25, -0.2) is 4.79 Å². The highest BCUT2D eigenvalue weighted by atomic mass is 79.9. The van der Waals surface area contributed by atoms with E-state index in [1.165, 1.54) is 0 Å². The zero-order valence-corrected chi connectivity index (χ0v) is 13.9. The molecule has 1 heterocycles. The molecule has 1 aromatic rings. The van der Waals surface area contributed by atoms with Crippen molar-refractivity contribution in [2.45, 2.75) is 26.4 Å². The molecule has 1 fully saturated rings. The maximum atomic E-state index is 11.8. The number of anilines is 1. The number of rotatable bonds is 4. The number of aliphatic hydroxyl groups excluding tert-OH is 1. The van der Waals surface area contributed by atoms with Crippen LogP contribution in [0.3, 0.4) is 0 Å². The molecule has 5 heteroatoms. The molecule has 0 saturated carbocycles. The van der Waals surface area contributed by atoms with E-state index in [4.69, 9.17) is 4.74 Å². The molecular weight excluding hydrogens is 334 g/mol. The average molecular weight is 354 g/mol. The number of halogens is 1. The number of carbonyl (C=O) groups is 1. The number of hydrogen-bond donors (Lipinski definition) is 1. The third-order valence-electron chi connectivity index (χ3n) is 3.46. The number of nitrogens with zero attached hydrogens (tertiary/aromatic N) is 1. The summed E-state index contributed by atoms with van der Waals surface area (Å²) in [6.07, 6.45) is 2.33. The lowest BCUT2D eigenvalue weighted by atomic mass is 10.1. The van der Waals surface area contributed by atoms with Crippen LogP contribution < -0.4 is 4.90 Å². The van der Waals surface area contributed by atoms with Gasteiger partial charge in [0.05, 0.1) is 12.7 Å². The maximum Gasteiger partial charge on any atom is 0.333 e. The summed E-state index contributed by atoms with van der Waals surface area (Å²) in [6.45, 7) is 5.36. The molecule has 0 amide bonds. The minimum atomic E-state index is -0.301. The largest absolute Gasteiger partial charge is 0.463 e. The molecule has 0 bridgehead atoms. The third-order valence-corrected chi connectivity index (χ3v) is 3.96. The smallest absolute Gasteiger partial charge is 0.333 e. The minimum absolute atomic E-state index is 0.281. The summed E-state index contributed by atoms with van der Waals surface area (Å²) in [5.41, 5.74) is 2.54. The summed E-state index contributed by atoms with van der Waals surface area (Å²) in [4.78, 5) is 13.9. The van der Waals surface area contributed by atoms with Gasteiger partial charge in [-0.15, -0.1) is 0 Å². The molecule has 2 rings (SSSR count). The Balaban J connectivity index is 2.31. The predicted octanol–water partition coefficient (Wildman–Crippen LogP) is 2.99. The Kier molecular flexibility index (Phi) is 5.42. The number of carbonyl (C=O) groups excluding carboxylic acids is 1. The van der Waals surface area contributed by atoms with Gasteiger partial charge in [0.15, 0.2) is 0 Å². The first-order valence-electron chi connectivity index (χ1n) is 7.09. The molecule has 1 N–H and O–H groups in total. The van der Waals surface area contributed by atoms with E-state index >= 15 is 0 Å². The van der Waals surface area contributed by atoms with Gasteiger partial charge in [-0.05, 0) is 50.1 Å². The molecule has 1 aliphatic heterocycles. The molecule has 4 nitrogen and oxygen atoms in total. The molecule has 1 aliphatic rings. The van der Waals surface area contributed by atoms with E-state index in [1.54, 1.807) is 13.8 Å². The van der Waals surface area contributed by atoms with E-state index in [1.807, 2.05) is 24.3 Å². The highest BCUT2D eigenvalue weighted by Crippen LogP contribution is 2.29. The van der Waals surface area contributed by atoms with Gasteiger partial charge in [0.25, 0.3) is 0 Å². The topological polar surface area (TPSA) is 49.8 Å². The summed E-state index contributed by atoms with van der Waals surface area (Å²) >= 11 is 3.46. The highest BCUT2D eigenvalue weighted by Gasteiger charge is 2.22. The molecule has 21 heavy (non-hydrogen) atoms. The SMILES string of the molecule is CCOC(=O)C(C)=Cc1cc(Br)ccc1N1CCC(O)C1. The van der Waals surface area contributed by atoms with Crippen LogP contribution in [0.25, 0.3) is 6.08 Å². The normalized spacial score (nSPS) is 19.0. The second-order valence-electron chi connectivity index (χ2n) is 5.14. The van der Waals surface area contributed by atoms with Crippen LogP contribution >= 0.6 is 15.9 Å². The van der Waals surface area contributed by atoms with Crippen molar-refractivity contribution in [2.75, 3.05) is 24.6 Å². The summed E-state index contributed by atoms with van der Waals surface area (Å²) < 4.78 is 5.97. The Morgan fingerprint density at radius 1 is 1.57 bits per heavy atom. The number of ether oxygens (including phenoxy) is 1. The fourth-order valence-electron chi connectivity index (χ4n) is 2.43. The molecule has 1 aromatic carbocycles. The first kappa shape index (κ1) is 16.0. The van der Waals surface area contributed by atoms with Gasteiger partial charge in [-0.2, -0.15) is 0 Å². The first-order valence-corrected chi connectivity index (χ1v) is 7.88. The van der Waals surface area contributed by atoms with Crippen LogP contribution in [0.15, 0.2) is 28.2 Å². The molecule has 114 valence electrons. The number of β-amino-alcohol motifs (C(OH)–C–C–N with tert-alkyl or cyclic N) is 1. The number of benzene rings is 1. The van der Waals surface area contributed by atoms with Gasteiger partial charge < -0.3 is 14.7 Å². The van der Waals surface area contributed by atoms with Crippen LogP contribution in [0, 0.1) is 0 Å². The van der Waals surface area contributed by atoms with Gasteiger partial charge >= 0.3 is 5.97 Å². The summed E-state index contributed by atoms with van der Waals surface area (Å²) in [5, 5.41) is 9.71. The van der Waals surface area contributed by atoms with E-state index in [-0.39, 0.29) is 12.1 Å². The first-order chi connectivity index (χ1) is 10.0. The van der Waals surface area contributed by atoms with Crippen LogP contribution in [-0.4, -0.2) is 36.9 Å². The molecule has 0 radical (unpaired) electrons. The zero-order chi connectivity index (χ0) is 15.4. The lowest BCUT2D eigenvalue weighted by Crippen LogP contribution is -2.22. The van der Waals surface area contributed by atoms with E-state index in [2.05, 4.69) is 20.8 Å². The van der Waals surface area contributed by atoms with Gasteiger partial charge in [0.2, 0.25) is 0 Å². The number of aliphatic hydroxyl groups is 1. The van der Waals surface area contributed by atoms with Gasteiger partial charge in [-0.3, -0.25) is 0 Å². The maximum absolute atomic E-state index is 11.8. The average Bonchev–Trinajstić information content (AvgIpc) is 2.85. The monoisotopic (exact) mass is 353 g/mol. The van der Waals surface area contributed by atoms with Gasteiger partial charge in [0, 0.05) is 28.8 Å². The lowest BCUT2D eigenvalue weighted by Gasteiger charge is -2.21. The zero-order valence-electron chi connectivity index (χ0n) is 12.3. The van der Waals surface area contributed by atoms with Crippen LogP contribution in [0.1, 0.15) is 25.8 Å². The molecular formula is C16H20BrNO3. The van der Waals surface area contributed by atoms with E-state index in [0.29, 0.717) is 18.7 Å². The van der Waals surface area contributed by atoms with Crippen molar-refractivity contribution in [3.05, 3.63) is 33.8 Å². The van der Waals surface area contributed by atoms with Crippen molar-refractivity contribution in [2.24, 2.45) is 0 Å². The van der Waals surface area contributed by atoms with Gasteiger partial charge in [0.1, 0.15) is 0 Å². The Hall–Kier alpha value is -1.33. The van der Waals surface area contributed by atoms with E-state index in [0.717, 1.165) is 28.7 Å². The standard InChI is InChI=1S/C16H20BrNO3/c1-3-21-16(20)11(2)8-12-9-13(17)4-5-15(12)18-7-6-14(19)10-18/h4-5,8-9,14,19H,3,6-7,10H2,1-2H3. The summed E-state index contributed by atoms with van der Waals surface area (Å²) in [6, 6.07) is 5.95. The molecule has 1 unspecified atom stereocenters. The van der Waals surface area contributed by atoms with Gasteiger partial charge in [-0.1, -0.05) is 15.9 Å². The van der Waals surface area contributed by atoms with Crippen molar-refractivity contribution < 1.29 is 14.6 Å². The Bertz CT molecular complexity index is 556. The second kappa shape index (κ2) is 7.09. The van der Waals surface area contributed by atoms with Crippen LogP contribution in [-0.2, 0) is 9.53 Å².